The molecule has 0 atom stereocenters. The fourth-order valence-electron chi connectivity index (χ4n) is 0.628. The van der Waals surface area contributed by atoms with Crippen molar-refractivity contribution in [2.24, 2.45) is 0 Å². The summed E-state index contributed by atoms with van der Waals surface area (Å²) in [5.41, 5.74) is 7.09. The fraction of sp³-hybridized carbons (Fsp3) is 0.143. The Morgan fingerprint density at radius 3 is 2.40 bits per heavy atom. The normalized spacial score (nSPS) is 8.50. The summed E-state index contributed by atoms with van der Waals surface area (Å²) in [7, 11) is 0. The minimum atomic E-state index is 0. The zero-order valence-electron chi connectivity index (χ0n) is 5.66. The predicted octanol–water partition coefficient (Wildman–Crippen LogP) is 1.70. The number of nitrogens with two attached hydrogens (primary N) is 1. The molecule has 10 heavy (non-hydrogen) atoms. The van der Waals surface area contributed by atoms with E-state index in [2.05, 4.69) is 0 Å². The van der Waals surface area contributed by atoms with E-state index in [4.69, 9.17) is 10.8 Å². The Labute approximate surface area is 66.1 Å². The van der Waals surface area contributed by atoms with E-state index in [1.54, 1.807) is 12.1 Å². The first-order valence-corrected chi connectivity index (χ1v) is 2.75. The molecule has 1 rings (SSSR count). The van der Waals surface area contributed by atoms with Gasteiger partial charge in [-0.05, 0) is 18.6 Å². The Morgan fingerprint density at radius 2 is 2.00 bits per heavy atom. The van der Waals surface area contributed by atoms with Gasteiger partial charge >= 0.3 is 0 Å². The molecule has 0 aliphatic carbocycles. The molecule has 0 radical (unpaired) electrons. The molecule has 2 nitrogen and oxygen atoms in total. The number of nitrogen functional groups attached to an aromatic ring is 1. The second-order valence-electron chi connectivity index (χ2n) is 2.04. The first-order chi connectivity index (χ1) is 4.20. The van der Waals surface area contributed by atoms with Gasteiger partial charge in [0.25, 0.3) is 0 Å². The average Bonchev–Trinajstić information content (AvgIpc) is 1.80. The molecule has 0 unspecified atom stereocenters. The van der Waals surface area contributed by atoms with Crippen molar-refractivity contribution in [3.8, 4) is 5.75 Å². The third-order valence-electron chi connectivity index (χ3n) is 1.26. The second-order valence-corrected chi connectivity index (χ2v) is 2.04. The van der Waals surface area contributed by atoms with Crippen molar-refractivity contribution in [2.45, 2.75) is 6.92 Å². The van der Waals surface area contributed by atoms with E-state index in [1.807, 2.05) is 6.92 Å². The maximum Gasteiger partial charge on any atom is 0.117 e. The van der Waals surface area contributed by atoms with Crippen LogP contribution in [0.3, 0.4) is 0 Å². The number of aryl methyl sites for hydroxylation is 1. The smallest absolute Gasteiger partial charge is 0.117 e. The molecule has 0 aromatic heterocycles. The van der Waals surface area contributed by atoms with E-state index in [-0.39, 0.29) is 18.2 Å². The van der Waals surface area contributed by atoms with E-state index >= 15 is 0 Å². The van der Waals surface area contributed by atoms with E-state index in [0.717, 1.165) is 5.56 Å². The molecule has 0 spiro atoms. The fourth-order valence-corrected chi connectivity index (χ4v) is 0.628. The molecular weight excluding hydrogens is 150 g/mol. The Balaban J connectivity index is 0.000000810. The summed E-state index contributed by atoms with van der Waals surface area (Å²) in [6.45, 7) is 1.90. The van der Waals surface area contributed by atoms with Gasteiger partial charge in [-0.15, -0.1) is 12.4 Å². The van der Waals surface area contributed by atoms with Gasteiger partial charge in [-0.25, -0.2) is 0 Å². The molecule has 0 aliphatic heterocycles. The molecule has 0 saturated carbocycles. The van der Waals surface area contributed by atoms with Gasteiger partial charge in [-0.1, -0.05) is 6.07 Å². The van der Waals surface area contributed by atoms with Crippen LogP contribution >= 0.6 is 12.4 Å². The van der Waals surface area contributed by atoms with Gasteiger partial charge in [0, 0.05) is 11.8 Å². The van der Waals surface area contributed by atoms with Crippen LogP contribution in [0.25, 0.3) is 0 Å². The van der Waals surface area contributed by atoms with Crippen LogP contribution in [0.5, 0.6) is 5.75 Å². The zero-order chi connectivity index (χ0) is 6.85. The quantitative estimate of drug-likeness (QED) is 0.566. The van der Waals surface area contributed by atoms with Crippen LogP contribution in [0.15, 0.2) is 18.2 Å². The van der Waals surface area contributed by atoms with Crippen molar-refractivity contribution in [1.29, 1.82) is 0 Å². The van der Waals surface area contributed by atoms with Crippen molar-refractivity contribution in [3.05, 3.63) is 23.8 Å². The lowest BCUT2D eigenvalue weighted by atomic mass is 10.2. The summed E-state index contributed by atoms with van der Waals surface area (Å²) in [5, 5.41) is 8.86. The molecule has 0 aliphatic rings. The van der Waals surface area contributed by atoms with Crippen molar-refractivity contribution in [2.75, 3.05) is 5.73 Å². The van der Waals surface area contributed by atoms with Crippen molar-refractivity contribution >= 4 is 18.1 Å². The lowest BCUT2D eigenvalue weighted by molar-refractivity contribution is 0.475. The predicted molar refractivity (Wildman–Crippen MR) is 44.5 cm³/mol. The van der Waals surface area contributed by atoms with Gasteiger partial charge in [-0.3, -0.25) is 0 Å². The van der Waals surface area contributed by atoms with Crippen LogP contribution in [-0.4, -0.2) is 5.11 Å². The maximum absolute atomic E-state index is 8.86. The van der Waals surface area contributed by atoms with Gasteiger partial charge in [0.05, 0.1) is 0 Å². The number of phenols is 1. The highest BCUT2D eigenvalue weighted by atomic mass is 35.5. The monoisotopic (exact) mass is 159 g/mol. The van der Waals surface area contributed by atoms with Crippen LogP contribution in [0.1, 0.15) is 5.56 Å². The number of phenolic OH excluding ortho intramolecular Hbond substituents is 1. The standard InChI is InChI=1S/C7H9NO.ClH/c1-5-2-3-6(9)4-7(5)8;/h2-4,9H,8H2,1H3;1H. The highest BCUT2D eigenvalue weighted by Crippen LogP contribution is 2.16. The van der Waals surface area contributed by atoms with Crippen LogP contribution < -0.4 is 5.73 Å². The van der Waals surface area contributed by atoms with Gasteiger partial charge in [0.1, 0.15) is 5.75 Å². The SMILES string of the molecule is Cc1ccc(O)cc1N.Cl. The average molecular weight is 160 g/mol. The lowest BCUT2D eigenvalue weighted by Gasteiger charge is -1.97. The lowest BCUT2D eigenvalue weighted by Crippen LogP contribution is -1.86. The number of hydrogen-bond acceptors (Lipinski definition) is 2. The molecule has 0 fully saturated rings. The van der Waals surface area contributed by atoms with Gasteiger partial charge < -0.3 is 10.8 Å². The third-order valence-corrected chi connectivity index (χ3v) is 1.26. The maximum atomic E-state index is 8.86. The first kappa shape index (κ1) is 9.11. The summed E-state index contributed by atoms with van der Waals surface area (Å²) < 4.78 is 0. The first-order valence-electron chi connectivity index (χ1n) is 2.75. The molecule has 1 aromatic carbocycles. The highest BCUT2D eigenvalue weighted by molar-refractivity contribution is 5.85. The minimum Gasteiger partial charge on any atom is -0.508 e. The van der Waals surface area contributed by atoms with Gasteiger partial charge in [0.15, 0.2) is 0 Å². The molecule has 0 amide bonds. The second kappa shape index (κ2) is 3.32. The number of aromatic hydroxyl groups is 1. The Bertz CT molecular complexity index is 225. The van der Waals surface area contributed by atoms with E-state index in [0.29, 0.717) is 5.69 Å². The summed E-state index contributed by atoms with van der Waals surface area (Å²) in [6.07, 6.45) is 0. The van der Waals surface area contributed by atoms with Gasteiger partial charge in [0.2, 0.25) is 0 Å². The Hall–Kier alpha value is -0.890. The molecule has 1 aromatic rings. The zero-order valence-corrected chi connectivity index (χ0v) is 6.48. The summed E-state index contributed by atoms with van der Waals surface area (Å²) in [5.74, 6) is 0.220. The molecule has 56 valence electrons. The van der Waals surface area contributed by atoms with Crippen LogP contribution in [0.2, 0.25) is 0 Å². The largest absolute Gasteiger partial charge is 0.508 e. The van der Waals surface area contributed by atoms with E-state index in [9.17, 15) is 0 Å². The molecule has 0 heterocycles. The molecule has 3 N–H and O–H groups in total. The number of rotatable bonds is 0. The topological polar surface area (TPSA) is 46.2 Å². The summed E-state index contributed by atoms with van der Waals surface area (Å²) in [6, 6.07) is 4.94. The van der Waals surface area contributed by atoms with Gasteiger partial charge in [-0.2, -0.15) is 0 Å². The summed E-state index contributed by atoms with van der Waals surface area (Å²) >= 11 is 0. The molecule has 3 heteroatoms. The highest BCUT2D eigenvalue weighted by Gasteiger charge is 1.91. The number of halogens is 1. The molecule has 0 saturated heterocycles. The third kappa shape index (κ3) is 1.81. The Kier molecular flexibility index (Phi) is 3.03. The number of anilines is 1. The van der Waals surface area contributed by atoms with Crippen LogP contribution in [-0.2, 0) is 0 Å². The molecule has 0 bridgehead atoms. The van der Waals surface area contributed by atoms with E-state index < -0.39 is 0 Å². The van der Waals surface area contributed by atoms with E-state index in [1.165, 1.54) is 6.07 Å². The van der Waals surface area contributed by atoms with Crippen molar-refractivity contribution in [1.82, 2.24) is 0 Å². The summed E-state index contributed by atoms with van der Waals surface area (Å²) in [4.78, 5) is 0. The van der Waals surface area contributed by atoms with Crippen molar-refractivity contribution in [3.63, 3.8) is 0 Å². The number of benzene rings is 1. The Morgan fingerprint density at radius 1 is 1.40 bits per heavy atom. The minimum absolute atomic E-state index is 0. The van der Waals surface area contributed by atoms with Crippen molar-refractivity contribution < 1.29 is 5.11 Å². The molecular formula is C7H10ClNO. The number of hydrogen-bond donors (Lipinski definition) is 2. The van der Waals surface area contributed by atoms with Crippen LogP contribution in [0, 0.1) is 6.92 Å². The van der Waals surface area contributed by atoms with Crippen LogP contribution in [0.4, 0.5) is 5.69 Å².